The highest BCUT2D eigenvalue weighted by Crippen LogP contribution is 2.30. The van der Waals surface area contributed by atoms with Crippen LogP contribution < -0.4 is 5.32 Å². The molecule has 178 valence electrons. The summed E-state index contributed by atoms with van der Waals surface area (Å²) >= 11 is 5.99. The zero-order chi connectivity index (χ0) is 24.2. The van der Waals surface area contributed by atoms with Gasteiger partial charge in [0.05, 0.1) is 23.8 Å². The Labute approximate surface area is 206 Å². The summed E-state index contributed by atoms with van der Waals surface area (Å²) in [7, 11) is 0. The van der Waals surface area contributed by atoms with Gasteiger partial charge in [-0.3, -0.25) is 9.78 Å². The standard InChI is InChI=1S/C26H23ClFN5O2/c27-21-15-19(5-6-22(21)28)30-26-20-14-17(4-8-24(34)33-10-12-35-13-11-33)3-7-23(20)31-25(32-26)18-2-1-9-29-16-18/h1-3,5-7,9,14-16H,4,8,10-13H2,(H,30,31,32). The Morgan fingerprint density at radius 3 is 2.74 bits per heavy atom. The number of fused-ring (bicyclic) bond motifs is 1. The molecule has 5 rings (SSSR count). The molecule has 1 aliphatic heterocycles. The highest BCUT2D eigenvalue weighted by molar-refractivity contribution is 6.31. The first-order valence-corrected chi connectivity index (χ1v) is 11.7. The minimum absolute atomic E-state index is 0.0168. The Hall–Kier alpha value is -3.62. The van der Waals surface area contributed by atoms with E-state index in [0.717, 1.165) is 22.0 Å². The summed E-state index contributed by atoms with van der Waals surface area (Å²) in [5.74, 6) is 0.693. The van der Waals surface area contributed by atoms with Gasteiger partial charge in [-0.05, 0) is 54.4 Å². The number of benzene rings is 2. The van der Waals surface area contributed by atoms with E-state index in [2.05, 4.69) is 10.3 Å². The van der Waals surface area contributed by atoms with Gasteiger partial charge in [0, 0.05) is 48.5 Å². The van der Waals surface area contributed by atoms with Gasteiger partial charge in [0.25, 0.3) is 0 Å². The Bertz CT molecular complexity index is 1360. The second kappa shape index (κ2) is 10.3. The molecule has 0 saturated carbocycles. The van der Waals surface area contributed by atoms with Crippen molar-refractivity contribution in [2.45, 2.75) is 12.8 Å². The molecule has 0 radical (unpaired) electrons. The quantitative estimate of drug-likeness (QED) is 0.408. The second-order valence-corrected chi connectivity index (χ2v) is 8.64. The molecule has 0 spiro atoms. The fraction of sp³-hybridized carbons (Fsp3) is 0.231. The van der Waals surface area contributed by atoms with Crippen LogP contribution in [-0.4, -0.2) is 52.1 Å². The summed E-state index contributed by atoms with van der Waals surface area (Å²) in [5, 5.41) is 4.06. The van der Waals surface area contributed by atoms with Crippen molar-refractivity contribution in [3.63, 3.8) is 0 Å². The SMILES string of the molecule is O=C(CCc1ccc2nc(-c3cccnc3)nc(Nc3ccc(F)c(Cl)c3)c2c1)N1CCOCC1. The monoisotopic (exact) mass is 491 g/mol. The van der Waals surface area contributed by atoms with Crippen LogP contribution in [0.1, 0.15) is 12.0 Å². The molecular weight excluding hydrogens is 469 g/mol. The summed E-state index contributed by atoms with van der Waals surface area (Å²) in [4.78, 5) is 28.1. The van der Waals surface area contributed by atoms with Crippen molar-refractivity contribution in [3.05, 3.63) is 77.3 Å². The number of morpholine rings is 1. The maximum absolute atomic E-state index is 13.7. The predicted molar refractivity (Wildman–Crippen MR) is 133 cm³/mol. The average Bonchev–Trinajstić information content (AvgIpc) is 2.90. The van der Waals surface area contributed by atoms with Crippen LogP contribution in [0.5, 0.6) is 0 Å². The first kappa shape index (κ1) is 23.1. The van der Waals surface area contributed by atoms with E-state index >= 15 is 0 Å². The number of carbonyl (C=O) groups is 1. The topological polar surface area (TPSA) is 80.2 Å². The molecule has 0 unspecified atom stereocenters. The zero-order valence-corrected chi connectivity index (χ0v) is 19.6. The maximum Gasteiger partial charge on any atom is 0.223 e. The third kappa shape index (κ3) is 5.39. The predicted octanol–water partition coefficient (Wildman–Crippen LogP) is 5.02. The third-order valence-electron chi connectivity index (χ3n) is 5.85. The molecule has 0 aliphatic carbocycles. The van der Waals surface area contributed by atoms with Crippen molar-refractivity contribution in [3.8, 4) is 11.4 Å². The minimum Gasteiger partial charge on any atom is -0.378 e. The summed E-state index contributed by atoms with van der Waals surface area (Å²) in [6, 6.07) is 14.0. The maximum atomic E-state index is 13.7. The summed E-state index contributed by atoms with van der Waals surface area (Å²) in [5.41, 5.74) is 3.10. The van der Waals surface area contributed by atoms with Gasteiger partial charge in [0.1, 0.15) is 11.6 Å². The number of pyridine rings is 1. The van der Waals surface area contributed by atoms with Gasteiger partial charge in [-0.1, -0.05) is 17.7 Å². The number of anilines is 2. The van der Waals surface area contributed by atoms with Gasteiger partial charge in [-0.15, -0.1) is 0 Å². The van der Waals surface area contributed by atoms with Gasteiger partial charge in [0.15, 0.2) is 5.82 Å². The molecular formula is C26H23ClFN5O2. The van der Waals surface area contributed by atoms with E-state index in [1.54, 1.807) is 18.5 Å². The fourth-order valence-corrected chi connectivity index (χ4v) is 4.16. The fourth-order valence-electron chi connectivity index (χ4n) is 3.98. The first-order valence-electron chi connectivity index (χ1n) is 11.4. The van der Waals surface area contributed by atoms with Crippen LogP contribution in [0.2, 0.25) is 5.02 Å². The van der Waals surface area contributed by atoms with Crippen LogP contribution in [0.25, 0.3) is 22.3 Å². The molecule has 1 fully saturated rings. The van der Waals surface area contributed by atoms with Gasteiger partial charge < -0.3 is 15.0 Å². The lowest BCUT2D eigenvalue weighted by Gasteiger charge is -2.26. The Balaban J connectivity index is 1.47. The van der Waals surface area contributed by atoms with E-state index in [-0.39, 0.29) is 10.9 Å². The molecule has 4 aromatic rings. The second-order valence-electron chi connectivity index (χ2n) is 8.24. The van der Waals surface area contributed by atoms with Crippen LogP contribution in [0.15, 0.2) is 60.9 Å². The molecule has 1 N–H and O–H groups in total. The number of amides is 1. The van der Waals surface area contributed by atoms with Crippen molar-refractivity contribution in [1.29, 1.82) is 0 Å². The number of halogens is 2. The first-order chi connectivity index (χ1) is 17.1. The van der Waals surface area contributed by atoms with Gasteiger partial charge in [-0.25, -0.2) is 14.4 Å². The molecule has 2 aromatic heterocycles. The molecule has 2 aromatic carbocycles. The van der Waals surface area contributed by atoms with Crippen molar-refractivity contribution < 1.29 is 13.9 Å². The number of carbonyl (C=O) groups excluding carboxylic acids is 1. The van der Waals surface area contributed by atoms with E-state index in [1.165, 1.54) is 12.1 Å². The van der Waals surface area contributed by atoms with Gasteiger partial charge in [-0.2, -0.15) is 0 Å². The number of rotatable bonds is 6. The van der Waals surface area contributed by atoms with Crippen molar-refractivity contribution in [2.75, 3.05) is 31.6 Å². The highest BCUT2D eigenvalue weighted by Gasteiger charge is 2.17. The van der Waals surface area contributed by atoms with Crippen LogP contribution in [0.3, 0.4) is 0 Å². The van der Waals surface area contributed by atoms with E-state index in [9.17, 15) is 9.18 Å². The van der Waals surface area contributed by atoms with Gasteiger partial charge in [0.2, 0.25) is 5.91 Å². The molecule has 3 heterocycles. The lowest BCUT2D eigenvalue weighted by atomic mass is 10.1. The number of nitrogens with one attached hydrogen (secondary N) is 1. The molecule has 1 amide bonds. The van der Waals surface area contributed by atoms with E-state index < -0.39 is 5.82 Å². The molecule has 0 atom stereocenters. The summed E-state index contributed by atoms with van der Waals surface area (Å²) in [6.45, 7) is 2.44. The highest BCUT2D eigenvalue weighted by atomic mass is 35.5. The number of nitrogens with zero attached hydrogens (tertiary/aromatic N) is 4. The third-order valence-corrected chi connectivity index (χ3v) is 6.14. The Morgan fingerprint density at radius 2 is 1.97 bits per heavy atom. The largest absolute Gasteiger partial charge is 0.378 e. The molecule has 1 aliphatic rings. The number of aromatic nitrogens is 3. The average molecular weight is 492 g/mol. The van der Waals surface area contributed by atoms with Crippen molar-refractivity contribution in [2.24, 2.45) is 0 Å². The smallest absolute Gasteiger partial charge is 0.223 e. The number of ether oxygens (including phenoxy) is 1. The van der Waals surface area contributed by atoms with Gasteiger partial charge >= 0.3 is 0 Å². The zero-order valence-electron chi connectivity index (χ0n) is 18.9. The number of aryl methyl sites for hydroxylation is 1. The van der Waals surface area contributed by atoms with Crippen LogP contribution >= 0.6 is 11.6 Å². The minimum atomic E-state index is -0.493. The number of hydrogen-bond acceptors (Lipinski definition) is 6. The Morgan fingerprint density at radius 1 is 1.11 bits per heavy atom. The molecule has 7 nitrogen and oxygen atoms in total. The normalized spacial score (nSPS) is 13.7. The number of hydrogen-bond donors (Lipinski definition) is 1. The van der Waals surface area contributed by atoms with Crippen LogP contribution in [0, 0.1) is 5.82 Å². The van der Waals surface area contributed by atoms with E-state index in [1.807, 2.05) is 35.2 Å². The van der Waals surface area contributed by atoms with E-state index in [4.69, 9.17) is 26.3 Å². The van der Waals surface area contributed by atoms with E-state index in [0.29, 0.717) is 56.5 Å². The molecule has 9 heteroatoms. The molecule has 1 saturated heterocycles. The summed E-state index contributed by atoms with van der Waals surface area (Å²) < 4.78 is 19.0. The van der Waals surface area contributed by atoms with Crippen molar-refractivity contribution in [1.82, 2.24) is 19.9 Å². The van der Waals surface area contributed by atoms with Crippen molar-refractivity contribution >= 4 is 39.9 Å². The summed E-state index contributed by atoms with van der Waals surface area (Å²) in [6.07, 6.45) is 4.40. The molecule has 35 heavy (non-hydrogen) atoms. The Kier molecular flexibility index (Phi) is 6.83. The van der Waals surface area contributed by atoms with Crippen LogP contribution in [-0.2, 0) is 16.0 Å². The lowest BCUT2D eigenvalue weighted by Crippen LogP contribution is -2.40. The van der Waals surface area contributed by atoms with Crippen LogP contribution in [0.4, 0.5) is 15.9 Å². The molecule has 0 bridgehead atoms. The lowest BCUT2D eigenvalue weighted by molar-refractivity contribution is -0.135.